The molecule has 120 valence electrons. The van der Waals surface area contributed by atoms with E-state index in [0.29, 0.717) is 17.2 Å². The maximum Gasteiger partial charge on any atom is 0.272 e. The van der Waals surface area contributed by atoms with Crippen LogP contribution in [0.15, 0.2) is 23.1 Å². The lowest BCUT2D eigenvalue weighted by atomic mass is 9.81. The standard InChI is InChI=1S/C15H15ClFN5O/c16-11-13(22-4-2-15(8-22)6-18-7-15)20-12(21-14(11)23)9-1-3-19-10(17)5-9/h1,3,5,18H,2,4,6-8H2,(H,20,21,23). The summed E-state index contributed by atoms with van der Waals surface area (Å²) in [5.74, 6) is 0.136. The van der Waals surface area contributed by atoms with E-state index in [9.17, 15) is 9.18 Å². The van der Waals surface area contributed by atoms with Crippen LogP contribution in [-0.2, 0) is 0 Å². The molecule has 8 heteroatoms. The molecule has 0 bridgehead atoms. The van der Waals surface area contributed by atoms with Gasteiger partial charge in [0, 0.05) is 49.4 Å². The number of hydrogen-bond acceptors (Lipinski definition) is 5. The van der Waals surface area contributed by atoms with E-state index in [0.717, 1.165) is 32.6 Å². The Morgan fingerprint density at radius 1 is 1.39 bits per heavy atom. The molecule has 4 rings (SSSR count). The van der Waals surface area contributed by atoms with Gasteiger partial charge in [0.05, 0.1) is 0 Å². The molecule has 0 radical (unpaired) electrons. The van der Waals surface area contributed by atoms with Crippen molar-refractivity contribution in [3.05, 3.63) is 39.7 Å². The predicted octanol–water partition coefficient (Wildman–Crippen LogP) is 1.42. The van der Waals surface area contributed by atoms with Gasteiger partial charge in [-0.3, -0.25) is 4.79 Å². The summed E-state index contributed by atoms with van der Waals surface area (Å²) in [6, 6.07) is 2.83. The third-order valence-electron chi connectivity index (χ3n) is 4.58. The van der Waals surface area contributed by atoms with Crippen LogP contribution in [0.4, 0.5) is 10.2 Å². The molecule has 2 fully saturated rings. The van der Waals surface area contributed by atoms with E-state index < -0.39 is 11.5 Å². The quantitative estimate of drug-likeness (QED) is 0.812. The number of H-pyrrole nitrogens is 1. The van der Waals surface area contributed by atoms with Gasteiger partial charge < -0.3 is 15.2 Å². The summed E-state index contributed by atoms with van der Waals surface area (Å²) in [6.07, 6.45) is 2.38. The molecular formula is C15H15ClFN5O. The second kappa shape index (κ2) is 5.28. The van der Waals surface area contributed by atoms with Crippen molar-refractivity contribution in [3.63, 3.8) is 0 Å². The van der Waals surface area contributed by atoms with E-state index in [4.69, 9.17) is 11.6 Å². The molecule has 2 aliphatic heterocycles. The molecule has 4 heterocycles. The van der Waals surface area contributed by atoms with Gasteiger partial charge in [-0.05, 0) is 12.5 Å². The molecule has 0 unspecified atom stereocenters. The second-order valence-electron chi connectivity index (χ2n) is 6.19. The van der Waals surface area contributed by atoms with Gasteiger partial charge in [0.2, 0.25) is 5.95 Å². The molecule has 0 aliphatic carbocycles. The summed E-state index contributed by atoms with van der Waals surface area (Å²) >= 11 is 6.17. The molecule has 2 aromatic heterocycles. The van der Waals surface area contributed by atoms with Crippen molar-refractivity contribution < 1.29 is 4.39 Å². The number of aromatic amines is 1. The average Bonchev–Trinajstić information content (AvgIpc) is 2.95. The first-order valence-corrected chi connectivity index (χ1v) is 7.82. The Morgan fingerprint density at radius 3 is 2.87 bits per heavy atom. The van der Waals surface area contributed by atoms with Crippen LogP contribution in [-0.4, -0.2) is 41.1 Å². The first-order valence-electron chi connectivity index (χ1n) is 7.44. The van der Waals surface area contributed by atoms with Gasteiger partial charge in [-0.2, -0.15) is 4.39 Å². The van der Waals surface area contributed by atoms with Crippen molar-refractivity contribution in [2.75, 3.05) is 31.1 Å². The summed E-state index contributed by atoms with van der Waals surface area (Å²) in [5, 5.41) is 3.37. The molecular weight excluding hydrogens is 321 g/mol. The predicted molar refractivity (Wildman–Crippen MR) is 85.2 cm³/mol. The van der Waals surface area contributed by atoms with Crippen molar-refractivity contribution >= 4 is 17.4 Å². The van der Waals surface area contributed by atoms with Gasteiger partial charge in [0.25, 0.3) is 5.56 Å². The Labute approximate surface area is 136 Å². The Morgan fingerprint density at radius 2 is 2.22 bits per heavy atom. The molecule has 0 saturated carbocycles. The van der Waals surface area contributed by atoms with Gasteiger partial charge in [0.1, 0.15) is 10.8 Å². The number of hydrogen-bond donors (Lipinski definition) is 2. The minimum absolute atomic E-state index is 0.0765. The summed E-state index contributed by atoms with van der Waals surface area (Å²) < 4.78 is 13.3. The smallest absolute Gasteiger partial charge is 0.272 e. The van der Waals surface area contributed by atoms with Gasteiger partial charge in [-0.15, -0.1) is 0 Å². The Balaban J connectivity index is 1.74. The molecule has 0 aromatic carbocycles. The van der Waals surface area contributed by atoms with Gasteiger partial charge >= 0.3 is 0 Å². The lowest BCUT2D eigenvalue weighted by Gasteiger charge is -2.39. The van der Waals surface area contributed by atoms with Crippen LogP contribution in [0.1, 0.15) is 6.42 Å². The number of aromatic nitrogens is 3. The minimum atomic E-state index is -0.623. The molecule has 2 aromatic rings. The monoisotopic (exact) mass is 335 g/mol. The number of nitrogens with zero attached hydrogens (tertiary/aromatic N) is 3. The second-order valence-corrected chi connectivity index (χ2v) is 6.57. The normalized spacial score (nSPS) is 19.1. The van der Waals surface area contributed by atoms with E-state index in [1.165, 1.54) is 12.3 Å². The van der Waals surface area contributed by atoms with Crippen molar-refractivity contribution in [2.24, 2.45) is 5.41 Å². The molecule has 2 N–H and O–H groups in total. The Kier molecular flexibility index (Phi) is 3.35. The van der Waals surface area contributed by atoms with Crippen LogP contribution in [0.3, 0.4) is 0 Å². The third-order valence-corrected chi connectivity index (χ3v) is 4.92. The van der Waals surface area contributed by atoms with Crippen molar-refractivity contribution in [1.82, 2.24) is 20.3 Å². The van der Waals surface area contributed by atoms with Gasteiger partial charge in [-0.1, -0.05) is 11.6 Å². The highest BCUT2D eigenvalue weighted by molar-refractivity contribution is 6.32. The lowest BCUT2D eigenvalue weighted by Crippen LogP contribution is -2.54. The van der Waals surface area contributed by atoms with Crippen LogP contribution in [0, 0.1) is 11.4 Å². The number of pyridine rings is 1. The van der Waals surface area contributed by atoms with Crippen LogP contribution >= 0.6 is 11.6 Å². The molecule has 23 heavy (non-hydrogen) atoms. The van der Waals surface area contributed by atoms with Crippen LogP contribution in [0.25, 0.3) is 11.4 Å². The summed E-state index contributed by atoms with van der Waals surface area (Å²) in [4.78, 5) is 24.8. The van der Waals surface area contributed by atoms with Crippen LogP contribution in [0.2, 0.25) is 5.02 Å². The fourth-order valence-electron chi connectivity index (χ4n) is 3.23. The molecule has 0 atom stereocenters. The highest BCUT2D eigenvalue weighted by Crippen LogP contribution is 2.37. The summed E-state index contributed by atoms with van der Waals surface area (Å²) in [5.41, 5.74) is 0.305. The van der Waals surface area contributed by atoms with E-state index in [2.05, 4.69) is 20.3 Å². The van der Waals surface area contributed by atoms with Gasteiger partial charge in [0.15, 0.2) is 5.82 Å². The fraction of sp³-hybridized carbons (Fsp3) is 0.400. The van der Waals surface area contributed by atoms with Crippen molar-refractivity contribution in [1.29, 1.82) is 0 Å². The summed E-state index contributed by atoms with van der Waals surface area (Å²) in [6.45, 7) is 3.59. The molecule has 2 aliphatic rings. The average molecular weight is 336 g/mol. The highest BCUT2D eigenvalue weighted by atomic mass is 35.5. The maximum absolute atomic E-state index is 13.3. The zero-order chi connectivity index (χ0) is 16.0. The van der Waals surface area contributed by atoms with Crippen LogP contribution in [0.5, 0.6) is 0 Å². The van der Waals surface area contributed by atoms with Crippen LogP contribution < -0.4 is 15.8 Å². The van der Waals surface area contributed by atoms with E-state index in [-0.39, 0.29) is 10.4 Å². The number of rotatable bonds is 2. The first kappa shape index (κ1) is 14.6. The fourth-order valence-corrected chi connectivity index (χ4v) is 3.43. The number of nitrogens with one attached hydrogen (secondary N) is 2. The number of halogens is 2. The van der Waals surface area contributed by atoms with E-state index in [1.54, 1.807) is 6.07 Å². The molecule has 1 spiro atoms. The first-order chi connectivity index (χ1) is 11.1. The Hall–Kier alpha value is -1.99. The van der Waals surface area contributed by atoms with E-state index >= 15 is 0 Å². The maximum atomic E-state index is 13.3. The van der Waals surface area contributed by atoms with Crippen molar-refractivity contribution in [2.45, 2.75) is 6.42 Å². The zero-order valence-electron chi connectivity index (χ0n) is 12.3. The lowest BCUT2D eigenvalue weighted by molar-refractivity contribution is 0.199. The van der Waals surface area contributed by atoms with Crippen molar-refractivity contribution in [3.8, 4) is 11.4 Å². The molecule has 6 nitrogen and oxygen atoms in total. The van der Waals surface area contributed by atoms with E-state index in [1.807, 2.05) is 4.90 Å². The number of anilines is 1. The highest BCUT2D eigenvalue weighted by Gasteiger charge is 2.43. The van der Waals surface area contributed by atoms with Gasteiger partial charge in [-0.25, -0.2) is 9.97 Å². The Bertz CT molecular complexity index is 820. The topological polar surface area (TPSA) is 73.9 Å². The molecule has 2 saturated heterocycles. The molecule has 0 amide bonds. The zero-order valence-corrected chi connectivity index (χ0v) is 13.0. The summed E-state index contributed by atoms with van der Waals surface area (Å²) in [7, 11) is 0. The third kappa shape index (κ3) is 2.49. The SMILES string of the molecule is O=c1[nH]c(-c2ccnc(F)c2)nc(N2CCC3(CNC3)C2)c1Cl. The largest absolute Gasteiger partial charge is 0.354 e. The minimum Gasteiger partial charge on any atom is -0.354 e.